The molecular formula is C52H47N3O2. The van der Waals surface area contributed by atoms with Crippen LogP contribution >= 0.6 is 0 Å². The zero-order valence-corrected chi connectivity index (χ0v) is 33.9. The molecule has 4 aromatic heterocycles. The van der Waals surface area contributed by atoms with Crippen molar-refractivity contribution in [1.82, 2.24) is 14.4 Å². The lowest BCUT2D eigenvalue weighted by atomic mass is 9.79. The number of imidazole rings is 1. The molecule has 9 aromatic rings. The molecule has 0 unspecified atom stereocenters. The maximum atomic E-state index is 11.5. The highest BCUT2D eigenvalue weighted by atomic mass is 16.3. The first kappa shape index (κ1) is 36.2. The number of phenolic OH excluding ortho intramolecular Hbond substituents is 1. The largest absolute Gasteiger partial charge is 0.507 e. The number of rotatable bonds is 5. The predicted octanol–water partition coefficient (Wildman–Crippen LogP) is 13.9. The quantitative estimate of drug-likeness (QED) is 0.191. The number of nitrogens with zero attached hydrogens (tertiary/aromatic N) is 3. The van der Waals surface area contributed by atoms with E-state index >= 15 is 0 Å². The number of aromatic nitrogens is 3. The topological polar surface area (TPSA) is 63.6 Å². The van der Waals surface area contributed by atoms with Crippen molar-refractivity contribution in [3.63, 3.8) is 0 Å². The molecule has 0 aliphatic rings. The lowest BCUT2D eigenvalue weighted by Gasteiger charge is -2.26. The standard InChI is InChI=1S/C52H47N3O2/c1-31-15-13-16-32(2)46(31)35-28-41(53-42(29-35)47-43(56)23-22-40-39-19-9-10-20-44(39)57-50(40)47)33-17-14-18-34(25-33)48-49(55-24-12-11-21-45(55)54-48)36-26-37(51(3,4)5)30-38(27-36)52(6,7)8/h9-30,56H,1-8H3. The van der Waals surface area contributed by atoms with E-state index in [4.69, 9.17) is 14.4 Å². The molecule has 0 spiro atoms. The van der Waals surface area contributed by atoms with Crippen molar-refractivity contribution in [3.05, 3.63) is 156 Å². The molecule has 0 atom stereocenters. The van der Waals surface area contributed by atoms with Crippen LogP contribution in [0.15, 0.2) is 138 Å². The van der Waals surface area contributed by atoms with Crippen molar-refractivity contribution < 1.29 is 9.52 Å². The van der Waals surface area contributed by atoms with Gasteiger partial charge in [0, 0.05) is 33.7 Å². The summed E-state index contributed by atoms with van der Waals surface area (Å²) in [5.41, 5.74) is 16.3. The van der Waals surface area contributed by atoms with Crippen molar-refractivity contribution in [1.29, 1.82) is 0 Å². The van der Waals surface area contributed by atoms with E-state index in [1.807, 2.05) is 30.3 Å². The minimum Gasteiger partial charge on any atom is -0.507 e. The highest BCUT2D eigenvalue weighted by Crippen LogP contribution is 2.44. The Bertz CT molecular complexity index is 2970. The van der Waals surface area contributed by atoms with Crippen LogP contribution in [0.25, 0.3) is 83.7 Å². The highest BCUT2D eigenvalue weighted by molar-refractivity contribution is 6.10. The van der Waals surface area contributed by atoms with E-state index in [0.29, 0.717) is 16.8 Å². The van der Waals surface area contributed by atoms with Crippen LogP contribution in [-0.4, -0.2) is 19.5 Å². The summed E-state index contributed by atoms with van der Waals surface area (Å²) in [6, 6.07) is 44.1. The minimum atomic E-state index is -0.0401. The average molecular weight is 746 g/mol. The second-order valence-corrected chi connectivity index (χ2v) is 17.4. The van der Waals surface area contributed by atoms with Gasteiger partial charge in [-0.05, 0) is 119 Å². The Morgan fingerprint density at radius 2 is 1.21 bits per heavy atom. The maximum Gasteiger partial charge on any atom is 0.148 e. The molecule has 9 rings (SSSR count). The predicted molar refractivity (Wildman–Crippen MR) is 236 cm³/mol. The number of furan rings is 1. The van der Waals surface area contributed by atoms with Gasteiger partial charge in [-0.2, -0.15) is 0 Å². The third kappa shape index (κ3) is 6.37. The molecule has 0 radical (unpaired) electrons. The first-order valence-corrected chi connectivity index (χ1v) is 19.7. The number of fused-ring (bicyclic) bond motifs is 4. The molecule has 282 valence electrons. The Morgan fingerprint density at radius 3 is 1.95 bits per heavy atom. The van der Waals surface area contributed by atoms with Gasteiger partial charge in [0.2, 0.25) is 0 Å². The molecule has 0 aliphatic carbocycles. The zero-order chi connectivity index (χ0) is 39.8. The summed E-state index contributed by atoms with van der Waals surface area (Å²) in [5.74, 6) is 0.119. The zero-order valence-electron chi connectivity index (χ0n) is 33.9. The molecule has 0 saturated carbocycles. The summed E-state index contributed by atoms with van der Waals surface area (Å²) in [7, 11) is 0. The summed E-state index contributed by atoms with van der Waals surface area (Å²) in [5, 5.41) is 13.5. The third-order valence-corrected chi connectivity index (χ3v) is 11.3. The summed E-state index contributed by atoms with van der Waals surface area (Å²) >= 11 is 0. The first-order valence-electron chi connectivity index (χ1n) is 19.7. The van der Waals surface area contributed by atoms with E-state index in [1.54, 1.807) is 6.07 Å². The van der Waals surface area contributed by atoms with Gasteiger partial charge in [0.05, 0.1) is 28.3 Å². The van der Waals surface area contributed by atoms with Crippen molar-refractivity contribution >= 4 is 27.6 Å². The van der Waals surface area contributed by atoms with Gasteiger partial charge in [-0.3, -0.25) is 4.40 Å². The number of aryl methyl sites for hydroxylation is 2. The Kier molecular flexibility index (Phi) is 8.47. The molecular weight excluding hydrogens is 699 g/mol. The second-order valence-electron chi connectivity index (χ2n) is 17.4. The SMILES string of the molecule is Cc1cccc(C)c1-c1cc(-c2cccc(-c3nc4ccccn4c3-c3cc(C(C)(C)C)cc(C(C)(C)C)c3)c2)nc(-c2c(O)ccc3c2oc2ccccc23)c1. The number of aromatic hydroxyl groups is 1. The van der Waals surface area contributed by atoms with Crippen LogP contribution in [0.4, 0.5) is 0 Å². The Labute approximate surface area is 334 Å². The lowest BCUT2D eigenvalue weighted by molar-refractivity contribution is 0.477. The smallest absolute Gasteiger partial charge is 0.148 e. The number of para-hydroxylation sites is 1. The molecule has 5 nitrogen and oxygen atoms in total. The molecule has 5 aromatic carbocycles. The number of phenols is 1. The van der Waals surface area contributed by atoms with Crippen molar-refractivity contribution in [3.8, 4) is 61.9 Å². The molecule has 4 heterocycles. The molecule has 57 heavy (non-hydrogen) atoms. The number of hydrogen-bond donors (Lipinski definition) is 1. The number of hydrogen-bond acceptors (Lipinski definition) is 4. The van der Waals surface area contributed by atoms with Gasteiger partial charge in [-0.25, -0.2) is 9.97 Å². The monoisotopic (exact) mass is 745 g/mol. The Balaban J connectivity index is 1.28. The van der Waals surface area contributed by atoms with E-state index in [0.717, 1.165) is 66.9 Å². The summed E-state index contributed by atoms with van der Waals surface area (Å²) in [6.07, 6.45) is 2.11. The van der Waals surface area contributed by atoms with E-state index < -0.39 is 0 Å². The van der Waals surface area contributed by atoms with E-state index in [-0.39, 0.29) is 16.6 Å². The van der Waals surface area contributed by atoms with Gasteiger partial charge in [0.25, 0.3) is 0 Å². The van der Waals surface area contributed by atoms with Gasteiger partial charge < -0.3 is 9.52 Å². The van der Waals surface area contributed by atoms with Crippen molar-refractivity contribution in [2.24, 2.45) is 0 Å². The molecule has 0 fully saturated rings. The van der Waals surface area contributed by atoms with Crippen LogP contribution in [0, 0.1) is 13.8 Å². The van der Waals surface area contributed by atoms with Crippen LogP contribution in [0.2, 0.25) is 0 Å². The van der Waals surface area contributed by atoms with E-state index in [9.17, 15) is 5.11 Å². The van der Waals surface area contributed by atoms with E-state index in [2.05, 4.69) is 157 Å². The molecule has 0 aliphatic heterocycles. The first-order chi connectivity index (χ1) is 27.2. The number of pyridine rings is 2. The van der Waals surface area contributed by atoms with Crippen LogP contribution in [0.1, 0.15) is 63.8 Å². The third-order valence-electron chi connectivity index (χ3n) is 11.3. The Hall–Kier alpha value is -6.46. The van der Waals surface area contributed by atoms with Gasteiger partial charge in [0.15, 0.2) is 0 Å². The van der Waals surface area contributed by atoms with Crippen LogP contribution < -0.4 is 0 Å². The average Bonchev–Trinajstić information content (AvgIpc) is 3.76. The van der Waals surface area contributed by atoms with Gasteiger partial charge in [-0.1, -0.05) is 108 Å². The molecule has 0 saturated heterocycles. The van der Waals surface area contributed by atoms with Crippen molar-refractivity contribution in [2.45, 2.75) is 66.2 Å². The lowest BCUT2D eigenvalue weighted by Crippen LogP contribution is -2.16. The summed E-state index contributed by atoms with van der Waals surface area (Å²) in [4.78, 5) is 10.6. The van der Waals surface area contributed by atoms with Crippen LogP contribution in [0.3, 0.4) is 0 Å². The molecule has 1 N–H and O–H groups in total. The molecule has 0 bridgehead atoms. The highest BCUT2D eigenvalue weighted by Gasteiger charge is 2.25. The fourth-order valence-electron chi connectivity index (χ4n) is 8.18. The van der Waals surface area contributed by atoms with Gasteiger partial charge in [-0.15, -0.1) is 0 Å². The van der Waals surface area contributed by atoms with Crippen LogP contribution in [-0.2, 0) is 10.8 Å². The van der Waals surface area contributed by atoms with Gasteiger partial charge in [0.1, 0.15) is 22.6 Å². The summed E-state index contributed by atoms with van der Waals surface area (Å²) < 4.78 is 8.68. The second kappa shape index (κ2) is 13.3. The minimum absolute atomic E-state index is 0.0401. The maximum absolute atomic E-state index is 11.5. The fourth-order valence-corrected chi connectivity index (χ4v) is 8.18. The molecule has 5 heteroatoms. The fraction of sp³-hybridized carbons (Fsp3) is 0.192. The van der Waals surface area contributed by atoms with Crippen molar-refractivity contribution in [2.75, 3.05) is 0 Å². The van der Waals surface area contributed by atoms with E-state index in [1.165, 1.54) is 22.3 Å². The van der Waals surface area contributed by atoms with Gasteiger partial charge >= 0.3 is 0 Å². The Morgan fingerprint density at radius 1 is 0.544 bits per heavy atom. The number of benzene rings is 5. The molecule has 0 amide bonds. The normalized spacial score (nSPS) is 12.3. The summed E-state index contributed by atoms with van der Waals surface area (Å²) in [6.45, 7) is 18.0. The van der Waals surface area contributed by atoms with Crippen LogP contribution in [0.5, 0.6) is 5.75 Å².